The van der Waals surface area contributed by atoms with E-state index in [1.165, 1.54) is 11.8 Å². The minimum Gasteiger partial charge on any atom is -0.383 e. The fraction of sp³-hybridized carbons (Fsp3) is 0.222. The Balaban J connectivity index is 1.92. The molecular formula is C18H19N3O2S. The number of hydrogen-bond donors (Lipinski definition) is 0. The molecule has 5 nitrogen and oxygen atoms in total. The molecule has 1 saturated heterocycles. The second-order valence-electron chi connectivity index (χ2n) is 5.33. The Bertz CT molecular complexity index is 781. The van der Waals surface area contributed by atoms with Crippen LogP contribution in [-0.2, 0) is 16.6 Å². The van der Waals surface area contributed by atoms with E-state index in [-0.39, 0.29) is 5.91 Å². The molecule has 1 aliphatic rings. The summed E-state index contributed by atoms with van der Waals surface area (Å²) < 4.78 is 7.11. The Morgan fingerprint density at radius 2 is 2.00 bits per heavy atom. The maximum atomic E-state index is 12.7. The molecule has 1 aliphatic heterocycles. The second kappa shape index (κ2) is 7.51. The van der Waals surface area contributed by atoms with Gasteiger partial charge in [0.2, 0.25) is 0 Å². The van der Waals surface area contributed by atoms with E-state index in [1.807, 2.05) is 66.4 Å². The van der Waals surface area contributed by atoms with Gasteiger partial charge in [-0.25, -0.2) is 4.99 Å². The van der Waals surface area contributed by atoms with Gasteiger partial charge in [-0.05, 0) is 42.1 Å². The Morgan fingerprint density at radius 3 is 2.67 bits per heavy atom. The summed E-state index contributed by atoms with van der Waals surface area (Å²) >= 11 is 1.40. The van der Waals surface area contributed by atoms with Gasteiger partial charge in [0.1, 0.15) is 0 Å². The number of ether oxygens (including phenoxy) is 1. The molecule has 1 aromatic heterocycles. The lowest BCUT2D eigenvalue weighted by molar-refractivity contribution is -0.122. The number of aliphatic imine (C=N–C) groups is 1. The summed E-state index contributed by atoms with van der Waals surface area (Å²) in [4.78, 5) is 19.7. The minimum atomic E-state index is -0.0343. The highest BCUT2D eigenvalue weighted by Gasteiger charge is 2.33. The normalized spacial score (nSPS) is 18.1. The van der Waals surface area contributed by atoms with Crippen LogP contribution in [0.25, 0.3) is 6.08 Å². The molecule has 0 N–H and O–H groups in total. The minimum absolute atomic E-state index is 0.0343. The molecule has 124 valence electrons. The molecule has 0 bridgehead atoms. The zero-order chi connectivity index (χ0) is 16.9. The van der Waals surface area contributed by atoms with Gasteiger partial charge in [0.25, 0.3) is 5.91 Å². The number of carbonyl (C=O) groups excluding carboxylic acids is 1. The van der Waals surface area contributed by atoms with E-state index in [9.17, 15) is 4.79 Å². The largest absolute Gasteiger partial charge is 0.383 e. The third-order valence-electron chi connectivity index (χ3n) is 3.65. The average molecular weight is 341 g/mol. The zero-order valence-corrected chi connectivity index (χ0v) is 14.5. The molecule has 2 heterocycles. The number of carbonyl (C=O) groups is 1. The summed E-state index contributed by atoms with van der Waals surface area (Å²) in [6, 6.07) is 13.6. The van der Waals surface area contributed by atoms with E-state index in [0.29, 0.717) is 23.2 Å². The first kappa shape index (κ1) is 16.5. The van der Waals surface area contributed by atoms with Crippen LogP contribution in [-0.4, -0.2) is 40.8 Å². The molecule has 2 aromatic rings. The molecule has 0 saturated carbocycles. The van der Waals surface area contributed by atoms with Crippen LogP contribution >= 0.6 is 11.8 Å². The van der Waals surface area contributed by atoms with Crippen molar-refractivity contribution in [2.75, 3.05) is 20.3 Å². The summed E-state index contributed by atoms with van der Waals surface area (Å²) in [5, 5.41) is 0.684. The fourth-order valence-electron chi connectivity index (χ4n) is 2.34. The zero-order valence-electron chi connectivity index (χ0n) is 13.7. The molecule has 24 heavy (non-hydrogen) atoms. The van der Waals surface area contributed by atoms with Crippen LogP contribution in [0.4, 0.5) is 5.69 Å². The molecule has 1 aromatic carbocycles. The molecule has 0 atom stereocenters. The third kappa shape index (κ3) is 3.60. The van der Waals surface area contributed by atoms with Gasteiger partial charge in [-0.15, -0.1) is 0 Å². The molecule has 0 spiro atoms. The van der Waals surface area contributed by atoms with Crippen LogP contribution in [0.15, 0.2) is 58.6 Å². The van der Waals surface area contributed by atoms with Crippen molar-refractivity contribution in [3.05, 3.63) is 59.3 Å². The van der Waals surface area contributed by atoms with E-state index in [2.05, 4.69) is 4.99 Å². The smallest absolute Gasteiger partial charge is 0.266 e. The number of amidine groups is 1. The van der Waals surface area contributed by atoms with Gasteiger partial charge in [-0.2, -0.15) is 0 Å². The first-order chi connectivity index (χ1) is 11.7. The SMILES string of the molecule is COCCN1C(=O)/C(=C/c2cccn2C)SC1=Nc1ccccc1. The Hall–Kier alpha value is -2.31. The number of rotatable bonds is 5. The van der Waals surface area contributed by atoms with Crippen LogP contribution in [0.1, 0.15) is 5.69 Å². The summed E-state index contributed by atoms with van der Waals surface area (Å²) in [5.74, 6) is -0.0343. The van der Waals surface area contributed by atoms with Crippen molar-refractivity contribution in [3.63, 3.8) is 0 Å². The first-order valence-corrected chi connectivity index (χ1v) is 8.46. The van der Waals surface area contributed by atoms with Crippen molar-refractivity contribution in [2.45, 2.75) is 0 Å². The maximum Gasteiger partial charge on any atom is 0.266 e. The number of amides is 1. The molecular weight excluding hydrogens is 322 g/mol. The predicted octanol–water partition coefficient (Wildman–Crippen LogP) is 3.28. The highest BCUT2D eigenvalue weighted by atomic mass is 32.2. The number of benzene rings is 1. The number of methoxy groups -OCH3 is 1. The van der Waals surface area contributed by atoms with Crippen molar-refractivity contribution < 1.29 is 9.53 Å². The number of nitrogens with zero attached hydrogens (tertiary/aromatic N) is 3. The van der Waals surface area contributed by atoms with Crippen LogP contribution < -0.4 is 0 Å². The second-order valence-corrected chi connectivity index (χ2v) is 6.34. The van der Waals surface area contributed by atoms with Crippen LogP contribution in [0.2, 0.25) is 0 Å². The lowest BCUT2D eigenvalue weighted by Gasteiger charge is -2.14. The molecule has 6 heteroatoms. The standard InChI is InChI=1S/C18H19N3O2S/c1-20-10-6-9-15(20)13-16-17(22)21(11-12-23-2)18(24-16)19-14-7-4-3-5-8-14/h3-10,13H,11-12H2,1-2H3/b16-13-,19-18?. The van der Waals surface area contributed by atoms with Gasteiger partial charge in [0.15, 0.2) is 5.17 Å². The monoisotopic (exact) mass is 341 g/mol. The lowest BCUT2D eigenvalue weighted by atomic mass is 10.3. The van der Waals surface area contributed by atoms with E-state index < -0.39 is 0 Å². The third-order valence-corrected chi connectivity index (χ3v) is 4.66. The van der Waals surface area contributed by atoms with Crippen LogP contribution in [0, 0.1) is 0 Å². The van der Waals surface area contributed by atoms with E-state index in [4.69, 9.17) is 4.74 Å². The maximum absolute atomic E-state index is 12.7. The fourth-order valence-corrected chi connectivity index (χ4v) is 3.35. The molecule has 3 rings (SSSR count). The van der Waals surface area contributed by atoms with Gasteiger partial charge in [-0.3, -0.25) is 9.69 Å². The average Bonchev–Trinajstić information content (AvgIpc) is 3.11. The van der Waals surface area contributed by atoms with Gasteiger partial charge in [-0.1, -0.05) is 18.2 Å². The molecule has 0 unspecified atom stereocenters. The number of aromatic nitrogens is 1. The topological polar surface area (TPSA) is 46.8 Å². The lowest BCUT2D eigenvalue weighted by Crippen LogP contribution is -2.32. The van der Waals surface area contributed by atoms with Crippen molar-refractivity contribution in [2.24, 2.45) is 12.0 Å². The number of para-hydroxylation sites is 1. The molecule has 1 amide bonds. The number of hydrogen-bond acceptors (Lipinski definition) is 4. The van der Waals surface area contributed by atoms with E-state index in [0.717, 1.165) is 11.4 Å². The van der Waals surface area contributed by atoms with Crippen molar-refractivity contribution in [1.82, 2.24) is 9.47 Å². The highest BCUT2D eigenvalue weighted by molar-refractivity contribution is 8.18. The van der Waals surface area contributed by atoms with Crippen molar-refractivity contribution in [3.8, 4) is 0 Å². The molecule has 0 aliphatic carbocycles. The summed E-state index contributed by atoms with van der Waals surface area (Å²) in [6.07, 6.45) is 3.86. The molecule has 1 fully saturated rings. The summed E-state index contributed by atoms with van der Waals surface area (Å²) in [7, 11) is 3.58. The van der Waals surface area contributed by atoms with Gasteiger partial charge >= 0.3 is 0 Å². The summed E-state index contributed by atoms with van der Waals surface area (Å²) in [6.45, 7) is 0.954. The first-order valence-electron chi connectivity index (χ1n) is 7.64. The van der Waals surface area contributed by atoms with E-state index >= 15 is 0 Å². The van der Waals surface area contributed by atoms with Gasteiger partial charge in [0.05, 0.1) is 23.7 Å². The van der Waals surface area contributed by atoms with Crippen LogP contribution in [0.5, 0.6) is 0 Å². The summed E-state index contributed by atoms with van der Waals surface area (Å²) in [5.41, 5.74) is 1.81. The molecule has 0 radical (unpaired) electrons. The van der Waals surface area contributed by atoms with Crippen molar-refractivity contribution in [1.29, 1.82) is 0 Å². The van der Waals surface area contributed by atoms with Crippen LogP contribution in [0.3, 0.4) is 0 Å². The number of aryl methyl sites for hydroxylation is 1. The quantitative estimate of drug-likeness (QED) is 0.784. The Morgan fingerprint density at radius 1 is 1.21 bits per heavy atom. The number of thioether (sulfide) groups is 1. The van der Waals surface area contributed by atoms with Gasteiger partial charge < -0.3 is 9.30 Å². The Labute approximate surface area is 145 Å². The van der Waals surface area contributed by atoms with Gasteiger partial charge in [0, 0.05) is 26.0 Å². The Kier molecular flexibility index (Phi) is 5.17. The highest BCUT2D eigenvalue weighted by Crippen LogP contribution is 2.33. The van der Waals surface area contributed by atoms with E-state index in [1.54, 1.807) is 12.0 Å². The van der Waals surface area contributed by atoms with Crippen molar-refractivity contribution >= 4 is 34.6 Å². The predicted molar refractivity (Wildman–Crippen MR) is 98.1 cm³/mol.